The van der Waals surface area contributed by atoms with Crippen molar-refractivity contribution in [2.75, 3.05) is 24.9 Å². The number of nitrogens with zero attached hydrogens (tertiary/aromatic N) is 1. The number of anilines is 2. The summed E-state index contributed by atoms with van der Waals surface area (Å²) in [6.07, 6.45) is 0.842. The molecular formula is C22H21N3O3. The first kappa shape index (κ1) is 19.1. The summed E-state index contributed by atoms with van der Waals surface area (Å²) in [5.74, 6) is 5.31. The van der Waals surface area contributed by atoms with Gasteiger partial charge in [0.05, 0.1) is 24.0 Å². The number of nitrogen functional groups attached to an aromatic ring is 1. The fourth-order valence-electron chi connectivity index (χ4n) is 3.19. The molecule has 142 valence electrons. The predicted octanol–water partition coefficient (Wildman–Crippen LogP) is 3.51. The van der Waals surface area contributed by atoms with Crippen molar-refractivity contribution in [2.45, 2.75) is 0 Å². The van der Waals surface area contributed by atoms with E-state index in [0.717, 1.165) is 28.5 Å². The van der Waals surface area contributed by atoms with Crippen molar-refractivity contribution in [3.63, 3.8) is 0 Å². The lowest BCUT2D eigenvalue weighted by Gasteiger charge is -2.19. The highest BCUT2D eigenvalue weighted by molar-refractivity contribution is 6.01. The molecule has 6 heteroatoms. The van der Waals surface area contributed by atoms with Crippen LogP contribution in [0.25, 0.3) is 22.3 Å². The number of carbonyl (C=O) groups excluding carboxylic acids is 2. The van der Waals surface area contributed by atoms with E-state index >= 15 is 0 Å². The molecule has 0 aliphatic heterocycles. The third-order valence-electron chi connectivity index (χ3n) is 4.51. The van der Waals surface area contributed by atoms with E-state index in [9.17, 15) is 9.59 Å². The molecule has 0 bridgehead atoms. The van der Waals surface area contributed by atoms with Gasteiger partial charge in [0.25, 0.3) is 0 Å². The van der Waals surface area contributed by atoms with Crippen LogP contribution in [0.1, 0.15) is 20.7 Å². The summed E-state index contributed by atoms with van der Waals surface area (Å²) in [5.41, 5.74) is 11.3. The van der Waals surface area contributed by atoms with Crippen LogP contribution in [-0.2, 0) is 4.74 Å². The van der Waals surface area contributed by atoms with Gasteiger partial charge in [0.15, 0.2) is 6.29 Å². The second-order valence-electron chi connectivity index (χ2n) is 6.35. The Morgan fingerprint density at radius 3 is 2.25 bits per heavy atom. The number of hydrazine groups is 1. The van der Waals surface area contributed by atoms with Gasteiger partial charge >= 0.3 is 5.97 Å². The van der Waals surface area contributed by atoms with E-state index in [0.29, 0.717) is 16.9 Å². The van der Waals surface area contributed by atoms with Crippen molar-refractivity contribution in [1.82, 2.24) is 0 Å². The van der Waals surface area contributed by atoms with Crippen LogP contribution in [0.3, 0.4) is 0 Å². The number of methoxy groups -OCH3 is 1. The number of ether oxygens (including phenoxy) is 1. The van der Waals surface area contributed by atoms with Crippen LogP contribution in [0.5, 0.6) is 0 Å². The topological polar surface area (TPSA) is 98.6 Å². The molecule has 0 heterocycles. The van der Waals surface area contributed by atoms with Crippen molar-refractivity contribution in [1.29, 1.82) is 0 Å². The van der Waals surface area contributed by atoms with E-state index in [1.165, 1.54) is 12.1 Å². The summed E-state index contributed by atoms with van der Waals surface area (Å²) < 4.78 is 4.87. The van der Waals surface area contributed by atoms with Gasteiger partial charge in [-0.15, -0.1) is 0 Å². The van der Waals surface area contributed by atoms with E-state index in [-0.39, 0.29) is 5.56 Å². The molecule has 6 nitrogen and oxygen atoms in total. The summed E-state index contributed by atoms with van der Waals surface area (Å²) in [6, 6.07) is 18.5. The minimum Gasteiger partial charge on any atom is -0.465 e. The molecular weight excluding hydrogens is 354 g/mol. The molecule has 3 aromatic carbocycles. The van der Waals surface area contributed by atoms with Gasteiger partial charge < -0.3 is 15.5 Å². The fourth-order valence-corrected chi connectivity index (χ4v) is 3.19. The average Bonchev–Trinajstić information content (AvgIpc) is 2.72. The molecule has 0 unspecified atom stereocenters. The van der Waals surface area contributed by atoms with Crippen LogP contribution in [0, 0.1) is 0 Å². The first-order valence-electron chi connectivity index (χ1n) is 8.61. The standard InChI is InChI=1S/C22H21N3O3/c1-25(24)21-19(22(27)28-2)11-17(12-20(21)23)14-7-9-15(10-8-14)18-6-4-3-5-16(18)13-26/h3-13H,23-24H2,1-2H3. The highest BCUT2D eigenvalue weighted by Gasteiger charge is 2.19. The first-order valence-corrected chi connectivity index (χ1v) is 8.61. The monoisotopic (exact) mass is 375 g/mol. The van der Waals surface area contributed by atoms with Gasteiger partial charge in [0.2, 0.25) is 0 Å². The Morgan fingerprint density at radius 1 is 1.00 bits per heavy atom. The second-order valence-corrected chi connectivity index (χ2v) is 6.35. The lowest BCUT2D eigenvalue weighted by atomic mass is 9.96. The molecule has 0 amide bonds. The summed E-state index contributed by atoms with van der Waals surface area (Å²) in [6.45, 7) is 0. The van der Waals surface area contributed by atoms with E-state index < -0.39 is 5.97 Å². The Labute approximate surface area is 163 Å². The highest BCUT2D eigenvalue weighted by atomic mass is 16.5. The van der Waals surface area contributed by atoms with Crippen LogP contribution < -0.4 is 16.6 Å². The molecule has 0 fully saturated rings. The van der Waals surface area contributed by atoms with Gasteiger partial charge in [-0.2, -0.15) is 0 Å². The maximum atomic E-state index is 12.2. The maximum absolute atomic E-state index is 12.2. The number of hydrogen-bond acceptors (Lipinski definition) is 6. The Kier molecular flexibility index (Phi) is 5.42. The number of hydrogen-bond donors (Lipinski definition) is 2. The molecule has 0 aromatic heterocycles. The molecule has 0 radical (unpaired) electrons. The number of aldehydes is 1. The Balaban J connectivity index is 2.06. The van der Waals surface area contributed by atoms with E-state index in [1.807, 2.05) is 42.5 Å². The van der Waals surface area contributed by atoms with E-state index in [1.54, 1.807) is 25.2 Å². The molecule has 3 aromatic rings. The number of esters is 1. The van der Waals surface area contributed by atoms with Crippen molar-refractivity contribution < 1.29 is 14.3 Å². The third kappa shape index (κ3) is 3.58. The molecule has 4 N–H and O–H groups in total. The van der Waals surface area contributed by atoms with Gasteiger partial charge in [-0.05, 0) is 34.4 Å². The zero-order chi connectivity index (χ0) is 20.3. The third-order valence-corrected chi connectivity index (χ3v) is 4.51. The molecule has 0 saturated carbocycles. The number of benzene rings is 3. The van der Waals surface area contributed by atoms with Crippen molar-refractivity contribution in [3.05, 3.63) is 71.8 Å². The quantitative estimate of drug-likeness (QED) is 0.233. The van der Waals surface area contributed by atoms with Crippen molar-refractivity contribution in [2.24, 2.45) is 5.84 Å². The summed E-state index contributed by atoms with van der Waals surface area (Å²) in [4.78, 5) is 23.5. The van der Waals surface area contributed by atoms with Gasteiger partial charge in [-0.1, -0.05) is 48.5 Å². The van der Waals surface area contributed by atoms with E-state index in [2.05, 4.69) is 0 Å². The molecule has 28 heavy (non-hydrogen) atoms. The van der Waals surface area contributed by atoms with Crippen LogP contribution in [0.4, 0.5) is 11.4 Å². The summed E-state index contributed by atoms with van der Waals surface area (Å²) in [7, 11) is 2.92. The molecule has 0 saturated heterocycles. The molecule has 0 atom stereocenters. The minimum absolute atomic E-state index is 0.290. The van der Waals surface area contributed by atoms with Crippen molar-refractivity contribution >= 4 is 23.6 Å². The van der Waals surface area contributed by atoms with Gasteiger partial charge in [-0.25, -0.2) is 10.6 Å². The number of nitrogens with two attached hydrogens (primary N) is 2. The summed E-state index contributed by atoms with van der Waals surface area (Å²) in [5, 5.41) is 1.30. The zero-order valence-corrected chi connectivity index (χ0v) is 15.7. The molecule has 0 aliphatic rings. The largest absolute Gasteiger partial charge is 0.465 e. The maximum Gasteiger partial charge on any atom is 0.340 e. The summed E-state index contributed by atoms with van der Waals surface area (Å²) >= 11 is 0. The van der Waals surface area contributed by atoms with Crippen LogP contribution in [0.2, 0.25) is 0 Å². The molecule has 3 rings (SSSR count). The smallest absolute Gasteiger partial charge is 0.340 e. The van der Waals surface area contributed by atoms with Gasteiger partial charge in [-0.3, -0.25) is 4.79 Å². The first-order chi connectivity index (χ1) is 13.5. The minimum atomic E-state index is -0.516. The van der Waals surface area contributed by atoms with E-state index in [4.69, 9.17) is 16.3 Å². The van der Waals surface area contributed by atoms with Gasteiger partial charge in [0.1, 0.15) is 0 Å². The highest BCUT2D eigenvalue weighted by Crippen LogP contribution is 2.34. The Hall–Kier alpha value is -3.64. The Bertz CT molecular complexity index is 1030. The SMILES string of the molecule is COC(=O)c1cc(-c2ccc(-c3ccccc3C=O)cc2)cc(N)c1N(C)N. The predicted molar refractivity (Wildman–Crippen MR) is 111 cm³/mol. The van der Waals surface area contributed by atoms with Gasteiger partial charge in [0, 0.05) is 12.6 Å². The fraction of sp³-hybridized carbons (Fsp3) is 0.0909. The lowest BCUT2D eigenvalue weighted by Crippen LogP contribution is -2.28. The Morgan fingerprint density at radius 2 is 1.64 bits per heavy atom. The average molecular weight is 375 g/mol. The van der Waals surface area contributed by atoms with Crippen LogP contribution in [-0.4, -0.2) is 26.4 Å². The van der Waals surface area contributed by atoms with Crippen LogP contribution >= 0.6 is 0 Å². The normalized spacial score (nSPS) is 10.4. The molecule has 0 spiro atoms. The number of rotatable bonds is 5. The molecule has 0 aliphatic carbocycles. The zero-order valence-electron chi connectivity index (χ0n) is 15.7. The second kappa shape index (κ2) is 7.94. The van der Waals surface area contributed by atoms with Crippen molar-refractivity contribution in [3.8, 4) is 22.3 Å². The lowest BCUT2D eigenvalue weighted by molar-refractivity contribution is 0.0601. The van der Waals surface area contributed by atoms with Crippen LogP contribution in [0.15, 0.2) is 60.7 Å². The number of carbonyl (C=O) groups is 2.